The summed E-state index contributed by atoms with van der Waals surface area (Å²) in [6.45, 7) is -0.426. The van der Waals surface area contributed by atoms with Crippen molar-refractivity contribution in [1.82, 2.24) is 5.32 Å². The number of carboxylic acids is 1. The number of rotatable bonds is 7. The summed E-state index contributed by atoms with van der Waals surface area (Å²) in [4.78, 5) is 33.9. The van der Waals surface area contributed by atoms with Gasteiger partial charge in [-0.05, 0) is 18.4 Å². The molecule has 0 spiro atoms. The van der Waals surface area contributed by atoms with Gasteiger partial charge in [-0.25, -0.2) is 4.79 Å². The van der Waals surface area contributed by atoms with Crippen LogP contribution in [0.5, 0.6) is 0 Å². The Kier molecular flexibility index (Phi) is 6.12. The van der Waals surface area contributed by atoms with Crippen LogP contribution in [0.25, 0.3) is 0 Å². The summed E-state index contributed by atoms with van der Waals surface area (Å²) >= 11 is 1.30. The average Bonchev–Trinajstić information content (AvgIpc) is 2.45. The van der Waals surface area contributed by atoms with E-state index >= 15 is 0 Å². The Morgan fingerprint density at radius 3 is 2.62 bits per heavy atom. The molecule has 0 aliphatic carbocycles. The van der Waals surface area contributed by atoms with Crippen molar-refractivity contribution in [1.29, 1.82) is 0 Å². The summed E-state index contributed by atoms with van der Waals surface area (Å²) in [5.41, 5.74) is -0.616. The van der Waals surface area contributed by atoms with Crippen molar-refractivity contribution in [2.75, 3.05) is 12.9 Å². The molecule has 0 saturated heterocycles. The molecule has 8 nitrogen and oxygen atoms in total. The molecule has 1 aromatic carbocycles. The maximum Gasteiger partial charge on any atom is 0.326 e. The molecule has 21 heavy (non-hydrogen) atoms. The van der Waals surface area contributed by atoms with Crippen molar-refractivity contribution in [2.24, 2.45) is 0 Å². The third-order valence-corrected chi connectivity index (χ3v) is 3.39. The second kappa shape index (κ2) is 7.60. The average molecular weight is 314 g/mol. The zero-order chi connectivity index (χ0) is 16.0. The van der Waals surface area contributed by atoms with E-state index in [0.717, 1.165) is 0 Å². The molecule has 1 rings (SSSR count). The molecule has 1 amide bonds. The van der Waals surface area contributed by atoms with Gasteiger partial charge in [0.15, 0.2) is 0 Å². The molecule has 0 bridgehead atoms. The van der Waals surface area contributed by atoms with Crippen molar-refractivity contribution in [3.05, 3.63) is 33.9 Å². The van der Waals surface area contributed by atoms with E-state index in [4.69, 9.17) is 10.2 Å². The highest BCUT2D eigenvalue weighted by Gasteiger charge is 2.25. The Hall–Kier alpha value is -2.13. The molecule has 9 heteroatoms. The van der Waals surface area contributed by atoms with Crippen LogP contribution >= 0.6 is 11.8 Å². The number of aliphatic hydroxyl groups is 1. The van der Waals surface area contributed by atoms with Crippen LogP contribution < -0.4 is 5.32 Å². The van der Waals surface area contributed by atoms with E-state index in [2.05, 4.69) is 5.32 Å². The van der Waals surface area contributed by atoms with Crippen LogP contribution in [0.2, 0.25) is 0 Å². The van der Waals surface area contributed by atoms with Gasteiger partial charge in [-0.3, -0.25) is 14.9 Å². The lowest BCUT2D eigenvalue weighted by molar-refractivity contribution is -0.385. The van der Waals surface area contributed by atoms with Gasteiger partial charge in [0.05, 0.1) is 4.92 Å². The monoisotopic (exact) mass is 314 g/mol. The van der Waals surface area contributed by atoms with Gasteiger partial charge < -0.3 is 15.5 Å². The number of thioether (sulfide) groups is 1. The topological polar surface area (TPSA) is 130 Å². The first kappa shape index (κ1) is 16.9. The minimum Gasteiger partial charge on any atom is -0.480 e. The zero-order valence-corrected chi connectivity index (χ0v) is 11.9. The smallest absolute Gasteiger partial charge is 0.326 e. The Balaban J connectivity index is 3.09. The number of benzene rings is 1. The minimum atomic E-state index is -1.32. The lowest BCUT2D eigenvalue weighted by atomic mass is 10.1. The number of nitro benzene ring substituents is 1. The first-order valence-electron chi connectivity index (χ1n) is 5.87. The first-order valence-corrected chi connectivity index (χ1v) is 7.10. The van der Waals surface area contributed by atoms with Gasteiger partial charge in [0.2, 0.25) is 0 Å². The number of hydrogen-bond donors (Lipinski definition) is 3. The fourth-order valence-electron chi connectivity index (χ4n) is 1.61. The summed E-state index contributed by atoms with van der Waals surface area (Å²) in [5, 5.41) is 30.8. The number of carboxylic acid groups (broad SMARTS) is 1. The largest absolute Gasteiger partial charge is 0.480 e. The summed E-state index contributed by atoms with van der Waals surface area (Å²) in [6.07, 6.45) is 1.56. The van der Waals surface area contributed by atoms with Crippen LogP contribution in [0.3, 0.4) is 0 Å². The normalized spacial score (nSPS) is 11.7. The van der Waals surface area contributed by atoms with Gasteiger partial charge in [-0.15, -0.1) is 11.8 Å². The maximum absolute atomic E-state index is 12.1. The van der Waals surface area contributed by atoms with Gasteiger partial charge in [-0.1, -0.05) is 0 Å². The number of amides is 1. The maximum atomic E-state index is 12.1. The number of nitrogens with zero attached hydrogens (tertiary/aromatic N) is 1. The second-order valence-electron chi connectivity index (χ2n) is 4.02. The highest BCUT2D eigenvalue weighted by Crippen LogP contribution is 2.24. The van der Waals surface area contributed by atoms with Gasteiger partial charge in [0, 0.05) is 24.0 Å². The highest BCUT2D eigenvalue weighted by molar-refractivity contribution is 7.98. The van der Waals surface area contributed by atoms with Crippen LogP contribution in [0.1, 0.15) is 16.8 Å². The summed E-state index contributed by atoms with van der Waals surface area (Å²) in [5.74, 6) is -2.18. The number of carbonyl (C=O) groups excluding carboxylic acids is 1. The molecular formula is C12H14N2O6S. The molecule has 0 aliphatic rings. The number of nitrogens with one attached hydrogen (secondary N) is 1. The van der Waals surface area contributed by atoms with Crippen molar-refractivity contribution in [3.8, 4) is 0 Å². The molecule has 0 fully saturated rings. The standard InChI is InChI=1S/C12H14N2O6S/c1-21-7-2-3-10(14(19)20)8(6-7)11(16)13-9(4-5-15)12(17)18/h2-3,6,9,15H,4-5H2,1H3,(H,13,16)(H,17,18). The van der Waals surface area contributed by atoms with Gasteiger partial charge in [0.25, 0.3) is 11.6 Å². The summed E-state index contributed by atoms with van der Waals surface area (Å²) in [7, 11) is 0. The minimum absolute atomic E-state index is 0.183. The van der Waals surface area contributed by atoms with Gasteiger partial charge >= 0.3 is 5.97 Å². The number of carbonyl (C=O) groups is 2. The summed E-state index contributed by atoms with van der Waals surface area (Å²) in [6, 6.07) is 2.72. The van der Waals surface area contributed by atoms with E-state index in [1.54, 1.807) is 6.26 Å². The van der Waals surface area contributed by atoms with Gasteiger partial charge in [-0.2, -0.15) is 0 Å². The molecule has 3 N–H and O–H groups in total. The molecule has 114 valence electrons. The third kappa shape index (κ3) is 4.43. The van der Waals surface area contributed by atoms with E-state index in [1.807, 2.05) is 0 Å². The SMILES string of the molecule is CSc1ccc([N+](=O)[O-])c(C(=O)NC(CCO)C(=O)O)c1. The molecule has 1 atom stereocenters. The molecule has 0 saturated carbocycles. The van der Waals surface area contributed by atoms with Crippen molar-refractivity contribution in [2.45, 2.75) is 17.4 Å². The fourth-order valence-corrected chi connectivity index (χ4v) is 2.05. The number of aliphatic hydroxyl groups excluding tert-OH is 1. The van der Waals surface area contributed by atoms with Crippen LogP contribution in [0, 0.1) is 10.1 Å². The van der Waals surface area contributed by atoms with E-state index < -0.39 is 35.1 Å². The van der Waals surface area contributed by atoms with E-state index in [-0.39, 0.29) is 12.0 Å². The van der Waals surface area contributed by atoms with E-state index in [0.29, 0.717) is 4.90 Å². The Morgan fingerprint density at radius 2 is 2.14 bits per heavy atom. The van der Waals surface area contributed by atoms with Gasteiger partial charge in [0.1, 0.15) is 11.6 Å². The Morgan fingerprint density at radius 1 is 1.48 bits per heavy atom. The van der Waals surface area contributed by atoms with E-state index in [9.17, 15) is 19.7 Å². The Labute approximate surface area is 124 Å². The molecule has 0 aliphatic heterocycles. The molecule has 0 radical (unpaired) electrons. The fraction of sp³-hybridized carbons (Fsp3) is 0.333. The van der Waals surface area contributed by atoms with Crippen LogP contribution in [0.4, 0.5) is 5.69 Å². The first-order chi connectivity index (χ1) is 9.90. The predicted octanol–water partition coefficient (Wildman–Crippen LogP) is 0.882. The predicted molar refractivity (Wildman–Crippen MR) is 75.5 cm³/mol. The number of nitro groups is 1. The molecule has 0 aromatic heterocycles. The second-order valence-corrected chi connectivity index (χ2v) is 4.90. The zero-order valence-electron chi connectivity index (χ0n) is 11.1. The van der Waals surface area contributed by atoms with Crippen LogP contribution in [-0.2, 0) is 4.79 Å². The van der Waals surface area contributed by atoms with E-state index in [1.165, 1.54) is 30.0 Å². The molecule has 0 heterocycles. The number of hydrogen-bond acceptors (Lipinski definition) is 6. The van der Waals surface area contributed by atoms with Crippen molar-refractivity contribution < 1.29 is 24.7 Å². The molecule has 1 unspecified atom stereocenters. The molecular weight excluding hydrogens is 300 g/mol. The van der Waals surface area contributed by atoms with Crippen molar-refractivity contribution in [3.63, 3.8) is 0 Å². The molecule has 1 aromatic rings. The lowest BCUT2D eigenvalue weighted by Gasteiger charge is -2.13. The van der Waals surface area contributed by atoms with Crippen LogP contribution in [0.15, 0.2) is 23.1 Å². The van der Waals surface area contributed by atoms with Crippen LogP contribution in [-0.4, -0.2) is 45.9 Å². The lowest BCUT2D eigenvalue weighted by Crippen LogP contribution is -2.41. The number of aliphatic carboxylic acids is 1. The quantitative estimate of drug-likeness (QED) is 0.387. The van der Waals surface area contributed by atoms with Crippen molar-refractivity contribution >= 4 is 29.3 Å². The summed E-state index contributed by atoms with van der Waals surface area (Å²) < 4.78 is 0. The highest BCUT2D eigenvalue weighted by atomic mass is 32.2. The Bertz CT molecular complexity index is 563. The third-order valence-electron chi connectivity index (χ3n) is 2.67.